The molecular weight excluding hydrogens is 314 g/mol. The molecule has 1 aliphatic heterocycles. The summed E-state index contributed by atoms with van der Waals surface area (Å²) in [6.45, 7) is 4.11. The Hall–Kier alpha value is -2.60. The first-order valence-corrected chi connectivity index (χ1v) is 8.70. The first kappa shape index (κ1) is 15.9. The minimum absolute atomic E-state index is 0.221. The van der Waals surface area contributed by atoms with Crippen LogP contribution in [0, 0.1) is 6.92 Å². The summed E-state index contributed by atoms with van der Waals surface area (Å²) >= 11 is 0. The minimum atomic E-state index is 0.221. The van der Waals surface area contributed by atoms with Crippen molar-refractivity contribution in [2.24, 2.45) is 0 Å². The summed E-state index contributed by atoms with van der Waals surface area (Å²) in [5.41, 5.74) is 2.67. The first-order valence-electron chi connectivity index (χ1n) is 8.70. The van der Waals surface area contributed by atoms with Gasteiger partial charge in [0.1, 0.15) is 5.75 Å². The third kappa shape index (κ3) is 3.05. The van der Waals surface area contributed by atoms with Crippen LogP contribution >= 0.6 is 0 Å². The highest BCUT2D eigenvalue weighted by Gasteiger charge is 2.20. The highest BCUT2D eigenvalue weighted by molar-refractivity contribution is 5.74. The molecule has 0 bridgehead atoms. The zero-order chi connectivity index (χ0) is 17.4. The topological polar surface area (TPSA) is 65.7 Å². The Morgan fingerprint density at radius 1 is 1.24 bits per heavy atom. The lowest BCUT2D eigenvalue weighted by atomic mass is 10.1. The van der Waals surface area contributed by atoms with E-state index in [9.17, 15) is 5.11 Å². The largest absolute Gasteiger partial charge is 0.507 e. The van der Waals surface area contributed by atoms with Gasteiger partial charge in [0.2, 0.25) is 0 Å². The molecule has 0 amide bonds. The molecular formula is C19H23N5O. The molecule has 1 aliphatic rings. The summed E-state index contributed by atoms with van der Waals surface area (Å²) < 4.78 is 1.98. The smallest absolute Gasteiger partial charge is 0.173 e. The number of aryl methyl sites for hydroxylation is 1. The van der Waals surface area contributed by atoms with Crippen molar-refractivity contribution >= 4 is 11.3 Å². The van der Waals surface area contributed by atoms with Gasteiger partial charge >= 0.3 is 0 Å². The van der Waals surface area contributed by atoms with Gasteiger partial charge in [-0.3, -0.25) is 4.40 Å². The second-order valence-electron chi connectivity index (χ2n) is 6.90. The summed E-state index contributed by atoms with van der Waals surface area (Å²) in [6, 6.07) is 9.98. The van der Waals surface area contributed by atoms with Crippen LogP contribution in [-0.4, -0.2) is 50.8 Å². The van der Waals surface area contributed by atoms with Crippen molar-refractivity contribution in [3.05, 3.63) is 42.1 Å². The van der Waals surface area contributed by atoms with E-state index in [2.05, 4.69) is 27.5 Å². The standard InChI is InChI=1S/C19H23N5O/c1-13-7-8-15(17(25)11-13)19-22-21-18(16-6-4-10-24(16)19)20-14-5-3-9-23(2)12-14/h4,6-8,10-11,14,25H,3,5,9,12H2,1-2H3,(H,20,21)/t14-/m1/s1. The van der Waals surface area contributed by atoms with Crippen LogP contribution in [0.3, 0.4) is 0 Å². The fourth-order valence-electron chi connectivity index (χ4n) is 3.55. The summed E-state index contributed by atoms with van der Waals surface area (Å²) in [7, 11) is 2.15. The number of benzene rings is 1. The SMILES string of the molecule is Cc1ccc(-c2nnc(N[C@@H]3CCCN(C)C3)c3cccn23)c(O)c1. The fraction of sp³-hybridized carbons (Fsp3) is 0.368. The third-order valence-electron chi connectivity index (χ3n) is 4.82. The highest BCUT2D eigenvalue weighted by atomic mass is 16.3. The van der Waals surface area contributed by atoms with Crippen LogP contribution in [0.25, 0.3) is 16.9 Å². The molecule has 1 atom stereocenters. The van der Waals surface area contributed by atoms with E-state index in [0.29, 0.717) is 17.4 Å². The molecule has 1 saturated heterocycles. The van der Waals surface area contributed by atoms with E-state index in [1.165, 1.54) is 6.42 Å². The number of aromatic hydroxyl groups is 1. The molecule has 3 heterocycles. The molecule has 0 radical (unpaired) electrons. The Kier molecular flexibility index (Phi) is 4.05. The highest BCUT2D eigenvalue weighted by Crippen LogP contribution is 2.30. The molecule has 0 spiro atoms. The maximum absolute atomic E-state index is 10.3. The van der Waals surface area contributed by atoms with Gasteiger partial charge in [0, 0.05) is 18.8 Å². The van der Waals surface area contributed by atoms with Crippen molar-refractivity contribution in [1.29, 1.82) is 0 Å². The Labute approximate surface area is 147 Å². The number of hydrogen-bond donors (Lipinski definition) is 2. The normalized spacial score (nSPS) is 18.6. The third-order valence-corrected chi connectivity index (χ3v) is 4.82. The average Bonchev–Trinajstić information content (AvgIpc) is 3.06. The van der Waals surface area contributed by atoms with Gasteiger partial charge in [-0.15, -0.1) is 10.2 Å². The molecule has 1 fully saturated rings. The number of likely N-dealkylation sites (tertiary alicyclic amines) is 1. The Morgan fingerprint density at radius 3 is 2.92 bits per heavy atom. The number of hydrogen-bond acceptors (Lipinski definition) is 5. The van der Waals surface area contributed by atoms with Crippen LogP contribution in [0.15, 0.2) is 36.5 Å². The molecule has 0 saturated carbocycles. The zero-order valence-corrected chi connectivity index (χ0v) is 14.6. The van der Waals surface area contributed by atoms with Crippen LogP contribution in [0.5, 0.6) is 5.75 Å². The molecule has 25 heavy (non-hydrogen) atoms. The summed E-state index contributed by atoms with van der Waals surface area (Å²) in [5, 5.41) is 22.7. The summed E-state index contributed by atoms with van der Waals surface area (Å²) in [4.78, 5) is 2.34. The Bertz CT molecular complexity index is 904. The molecule has 2 aromatic heterocycles. The van der Waals surface area contributed by atoms with E-state index in [4.69, 9.17) is 0 Å². The van der Waals surface area contributed by atoms with Gasteiger partial charge in [0.15, 0.2) is 11.6 Å². The van der Waals surface area contributed by atoms with E-state index >= 15 is 0 Å². The van der Waals surface area contributed by atoms with Gasteiger partial charge in [0.05, 0.1) is 11.1 Å². The van der Waals surface area contributed by atoms with E-state index in [-0.39, 0.29) is 5.75 Å². The molecule has 130 valence electrons. The predicted molar refractivity (Wildman–Crippen MR) is 99.0 cm³/mol. The first-order chi connectivity index (χ1) is 12.1. The second kappa shape index (κ2) is 6.37. The van der Waals surface area contributed by atoms with Crippen LogP contribution in [0.2, 0.25) is 0 Å². The van der Waals surface area contributed by atoms with Crippen LogP contribution in [0.4, 0.5) is 5.82 Å². The number of phenolic OH excluding ortho intramolecular Hbond substituents is 1. The summed E-state index contributed by atoms with van der Waals surface area (Å²) in [6.07, 6.45) is 4.28. The maximum atomic E-state index is 10.3. The van der Waals surface area contributed by atoms with Crippen molar-refractivity contribution in [2.75, 3.05) is 25.5 Å². The number of likely N-dealkylation sites (N-methyl/N-ethyl adjacent to an activating group) is 1. The Balaban J connectivity index is 1.71. The number of fused-ring (bicyclic) bond motifs is 1. The fourth-order valence-corrected chi connectivity index (χ4v) is 3.55. The number of nitrogens with one attached hydrogen (secondary N) is 1. The molecule has 2 N–H and O–H groups in total. The zero-order valence-electron chi connectivity index (χ0n) is 14.6. The van der Waals surface area contributed by atoms with E-state index in [1.807, 2.05) is 41.8 Å². The summed E-state index contributed by atoms with van der Waals surface area (Å²) in [5.74, 6) is 1.66. The van der Waals surface area contributed by atoms with Crippen LogP contribution in [0.1, 0.15) is 18.4 Å². The van der Waals surface area contributed by atoms with Gasteiger partial charge in [-0.1, -0.05) is 6.07 Å². The maximum Gasteiger partial charge on any atom is 0.173 e. The molecule has 4 rings (SSSR count). The predicted octanol–water partition coefficient (Wildman–Crippen LogP) is 2.92. The van der Waals surface area contributed by atoms with Gasteiger partial charge < -0.3 is 15.3 Å². The van der Waals surface area contributed by atoms with Gasteiger partial charge in [-0.2, -0.15) is 0 Å². The van der Waals surface area contributed by atoms with E-state index in [0.717, 1.165) is 36.4 Å². The van der Waals surface area contributed by atoms with E-state index < -0.39 is 0 Å². The molecule has 1 aromatic carbocycles. The lowest BCUT2D eigenvalue weighted by Crippen LogP contribution is -2.40. The van der Waals surface area contributed by atoms with Crippen molar-refractivity contribution < 1.29 is 5.11 Å². The lowest BCUT2D eigenvalue weighted by Gasteiger charge is -2.30. The second-order valence-corrected chi connectivity index (χ2v) is 6.90. The molecule has 0 aliphatic carbocycles. The lowest BCUT2D eigenvalue weighted by molar-refractivity contribution is 0.260. The quantitative estimate of drug-likeness (QED) is 0.769. The minimum Gasteiger partial charge on any atom is -0.507 e. The number of aromatic nitrogens is 3. The number of piperidine rings is 1. The molecule has 3 aromatic rings. The molecule has 0 unspecified atom stereocenters. The monoisotopic (exact) mass is 337 g/mol. The Morgan fingerprint density at radius 2 is 2.12 bits per heavy atom. The molecule has 6 nitrogen and oxygen atoms in total. The average molecular weight is 337 g/mol. The van der Waals surface area contributed by atoms with Gasteiger partial charge in [-0.05, 0) is 63.2 Å². The van der Waals surface area contributed by atoms with Crippen molar-refractivity contribution in [1.82, 2.24) is 19.5 Å². The number of nitrogens with zero attached hydrogens (tertiary/aromatic N) is 4. The van der Waals surface area contributed by atoms with Crippen molar-refractivity contribution in [3.8, 4) is 17.1 Å². The number of rotatable bonds is 3. The van der Waals surface area contributed by atoms with Crippen LogP contribution in [-0.2, 0) is 0 Å². The molecule has 6 heteroatoms. The van der Waals surface area contributed by atoms with Gasteiger partial charge in [-0.25, -0.2) is 0 Å². The van der Waals surface area contributed by atoms with Gasteiger partial charge in [0.25, 0.3) is 0 Å². The van der Waals surface area contributed by atoms with Crippen LogP contribution < -0.4 is 5.32 Å². The number of anilines is 1. The van der Waals surface area contributed by atoms with Crippen molar-refractivity contribution in [2.45, 2.75) is 25.8 Å². The number of phenols is 1. The van der Waals surface area contributed by atoms with E-state index in [1.54, 1.807) is 6.07 Å². The van der Waals surface area contributed by atoms with Crippen molar-refractivity contribution in [3.63, 3.8) is 0 Å².